The molecule has 0 radical (unpaired) electrons. The van der Waals surface area contributed by atoms with Crippen molar-refractivity contribution in [2.75, 3.05) is 46.3 Å². The Hall–Kier alpha value is -0.120. The Labute approximate surface area is 100 Å². The third-order valence-corrected chi connectivity index (χ3v) is 4.15. The first-order chi connectivity index (χ1) is 7.79. The van der Waals surface area contributed by atoms with Gasteiger partial charge < -0.3 is 10.2 Å². The molecule has 0 aromatic carbocycles. The minimum absolute atomic E-state index is 0.760. The zero-order valence-electron chi connectivity index (χ0n) is 10.9. The largest absolute Gasteiger partial charge is 0.319 e. The third-order valence-electron chi connectivity index (χ3n) is 4.15. The molecule has 0 bridgehead atoms. The summed E-state index contributed by atoms with van der Waals surface area (Å²) < 4.78 is 0. The average molecular weight is 225 g/mol. The molecule has 0 amide bonds. The number of rotatable bonds is 5. The van der Waals surface area contributed by atoms with Crippen LogP contribution >= 0.6 is 0 Å². The predicted octanol–water partition coefficient (Wildman–Crippen LogP) is 1.01. The van der Waals surface area contributed by atoms with E-state index in [2.05, 4.69) is 29.1 Å². The molecule has 0 aromatic heterocycles. The molecule has 16 heavy (non-hydrogen) atoms. The second kappa shape index (κ2) is 5.99. The van der Waals surface area contributed by atoms with E-state index in [1.54, 1.807) is 0 Å². The molecule has 2 aliphatic heterocycles. The number of hydrogen-bond acceptors (Lipinski definition) is 3. The van der Waals surface area contributed by atoms with Gasteiger partial charge in [-0.3, -0.25) is 4.90 Å². The highest BCUT2D eigenvalue weighted by Gasteiger charge is 2.25. The molecule has 0 spiro atoms. The summed E-state index contributed by atoms with van der Waals surface area (Å²) in [6.07, 6.45) is 4.20. The van der Waals surface area contributed by atoms with E-state index in [0.717, 1.165) is 12.0 Å². The van der Waals surface area contributed by atoms with Crippen molar-refractivity contribution < 1.29 is 0 Å². The standard InChI is InChI=1S/C13H27N3/c1-12(16-6-3-4-7-16)10-15-8-5-13(11-15)9-14-2/h12-14H,3-11H2,1-2H3. The number of hydrogen-bond donors (Lipinski definition) is 1. The lowest BCUT2D eigenvalue weighted by Gasteiger charge is -2.28. The van der Waals surface area contributed by atoms with Gasteiger partial charge in [-0.15, -0.1) is 0 Å². The van der Waals surface area contributed by atoms with Crippen molar-refractivity contribution >= 4 is 0 Å². The highest BCUT2D eigenvalue weighted by molar-refractivity contribution is 4.81. The Bertz CT molecular complexity index is 201. The maximum atomic E-state index is 3.30. The van der Waals surface area contributed by atoms with Crippen molar-refractivity contribution in [3.63, 3.8) is 0 Å². The summed E-state index contributed by atoms with van der Waals surface area (Å²) in [7, 11) is 2.06. The Morgan fingerprint density at radius 3 is 2.69 bits per heavy atom. The van der Waals surface area contributed by atoms with Crippen molar-refractivity contribution in [2.45, 2.75) is 32.2 Å². The van der Waals surface area contributed by atoms with Crippen molar-refractivity contribution in [1.29, 1.82) is 0 Å². The van der Waals surface area contributed by atoms with Crippen LogP contribution in [0, 0.1) is 5.92 Å². The number of nitrogens with one attached hydrogen (secondary N) is 1. The van der Waals surface area contributed by atoms with Crippen LogP contribution in [0.1, 0.15) is 26.2 Å². The van der Waals surface area contributed by atoms with Crippen LogP contribution in [0.25, 0.3) is 0 Å². The summed E-state index contributed by atoms with van der Waals surface area (Å²) in [6, 6.07) is 0.760. The maximum absolute atomic E-state index is 3.30. The zero-order valence-corrected chi connectivity index (χ0v) is 10.9. The fourth-order valence-corrected chi connectivity index (χ4v) is 3.21. The minimum Gasteiger partial charge on any atom is -0.319 e. The average Bonchev–Trinajstić information content (AvgIpc) is 2.89. The lowest BCUT2D eigenvalue weighted by Crippen LogP contribution is -2.40. The molecule has 3 heteroatoms. The first-order valence-corrected chi connectivity index (χ1v) is 6.90. The van der Waals surface area contributed by atoms with Crippen LogP contribution < -0.4 is 5.32 Å². The first kappa shape index (κ1) is 12.3. The van der Waals surface area contributed by atoms with Gasteiger partial charge in [0.1, 0.15) is 0 Å². The molecule has 2 heterocycles. The lowest BCUT2D eigenvalue weighted by molar-refractivity contribution is 0.188. The van der Waals surface area contributed by atoms with Gasteiger partial charge in [-0.2, -0.15) is 0 Å². The van der Waals surface area contributed by atoms with Crippen LogP contribution in [-0.4, -0.2) is 62.2 Å². The van der Waals surface area contributed by atoms with E-state index in [0.29, 0.717) is 0 Å². The second-order valence-corrected chi connectivity index (χ2v) is 5.56. The molecule has 3 nitrogen and oxygen atoms in total. The highest BCUT2D eigenvalue weighted by atomic mass is 15.2. The first-order valence-electron chi connectivity index (χ1n) is 6.90. The predicted molar refractivity (Wildman–Crippen MR) is 68.7 cm³/mol. The Kier molecular flexibility index (Phi) is 4.62. The van der Waals surface area contributed by atoms with Crippen molar-refractivity contribution in [2.24, 2.45) is 5.92 Å². The fourth-order valence-electron chi connectivity index (χ4n) is 3.21. The van der Waals surface area contributed by atoms with E-state index in [-0.39, 0.29) is 0 Å². The maximum Gasteiger partial charge on any atom is 0.0194 e. The summed E-state index contributed by atoms with van der Waals surface area (Å²) >= 11 is 0. The smallest absolute Gasteiger partial charge is 0.0194 e. The molecular formula is C13H27N3. The molecule has 94 valence electrons. The molecule has 2 aliphatic rings. The number of nitrogens with zero attached hydrogens (tertiary/aromatic N) is 2. The Morgan fingerprint density at radius 2 is 2.00 bits per heavy atom. The van der Waals surface area contributed by atoms with Crippen molar-refractivity contribution in [3.05, 3.63) is 0 Å². The SMILES string of the molecule is CNCC1CCN(CC(C)N2CCCC2)C1. The van der Waals surface area contributed by atoms with Crippen LogP contribution in [0.3, 0.4) is 0 Å². The van der Waals surface area contributed by atoms with Gasteiger partial charge >= 0.3 is 0 Å². The Morgan fingerprint density at radius 1 is 1.25 bits per heavy atom. The number of likely N-dealkylation sites (tertiary alicyclic amines) is 2. The van der Waals surface area contributed by atoms with Gasteiger partial charge in [-0.25, -0.2) is 0 Å². The Balaban J connectivity index is 1.69. The molecule has 2 saturated heterocycles. The van der Waals surface area contributed by atoms with Crippen LogP contribution in [0.5, 0.6) is 0 Å². The molecule has 2 atom stereocenters. The van der Waals surface area contributed by atoms with Gasteiger partial charge in [0.25, 0.3) is 0 Å². The van der Waals surface area contributed by atoms with E-state index in [4.69, 9.17) is 0 Å². The summed E-state index contributed by atoms with van der Waals surface area (Å²) in [4.78, 5) is 5.32. The van der Waals surface area contributed by atoms with E-state index in [9.17, 15) is 0 Å². The van der Waals surface area contributed by atoms with E-state index >= 15 is 0 Å². The van der Waals surface area contributed by atoms with Crippen LogP contribution in [0.15, 0.2) is 0 Å². The normalized spacial score (nSPS) is 30.0. The lowest BCUT2D eigenvalue weighted by atomic mass is 10.1. The zero-order chi connectivity index (χ0) is 11.4. The summed E-state index contributed by atoms with van der Waals surface area (Å²) in [5, 5.41) is 3.30. The van der Waals surface area contributed by atoms with Crippen LogP contribution in [0.4, 0.5) is 0 Å². The van der Waals surface area contributed by atoms with Gasteiger partial charge in [0.15, 0.2) is 0 Å². The van der Waals surface area contributed by atoms with Gasteiger partial charge in [-0.05, 0) is 65.3 Å². The molecule has 2 unspecified atom stereocenters. The van der Waals surface area contributed by atoms with Gasteiger partial charge in [0, 0.05) is 19.1 Å². The molecule has 0 aromatic rings. The van der Waals surface area contributed by atoms with E-state index < -0.39 is 0 Å². The van der Waals surface area contributed by atoms with E-state index in [1.165, 1.54) is 58.5 Å². The molecule has 0 aliphatic carbocycles. The highest BCUT2D eigenvalue weighted by Crippen LogP contribution is 2.18. The van der Waals surface area contributed by atoms with E-state index in [1.807, 2.05) is 0 Å². The van der Waals surface area contributed by atoms with Crippen molar-refractivity contribution in [1.82, 2.24) is 15.1 Å². The third kappa shape index (κ3) is 3.19. The van der Waals surface area contributed by atoms with Gasteiger partial charge in [0.05, 0.1) is 0 Å². The monoisotopic (exact) mass is 225 g/mol. The summed E-state index contributed by atoms with van der Waals surface area (Å²) in [6.45, 7) is 10.1. The summed E-state index contributed by atoms with van der Waals surface area (Å²) in [5.74, 6) is 0.885. The van der Waals surface area contributed by atoms with Crippen molar-refractivity contribution in [3.8, 4) is 0 Å². The topological polar surface area (TPSA) is 18.5 Å². The van der Waals surface area contributed by atoms with Crippen LogP contribution in [-0.2, 0) is 0 Å². The minimum atomic E-state index is 0.760. The molecule has 0 saturated carbocycles. The molecular weight excluding hydrogens is 198 g/mol. The fraction of sp³-hybridized carbons (Fsp3) is 1.00. The molecule has 2 rings (SSSR count). The molecule has 2 fully saturated rings. The quantitative estimate of drug-likeness (QED) is 0.753. The van der Waals surface area contributed by atoms with Gasteiger partial charge in [0.2, 0.25) is 0 Å². The second-order valence-electron chi connectivity index (χ2n) is 5.56. The van der Waals surface area contributed by atoms with Gasteiger partial charge in [-0.1, -0.05) is 0 Å². The molecule has 1 N–H and O–H groups in total. The van der Waals surface area contributed by atoms with Crippen LogP contribution in [0.2, 0.25) is 0 Å². The summed E-state index contributed by atoms with van der Waals surface area (Å²) in [5.41, 5.74) is 0.